The molecule has 0 aliphatic carbocycles. The smallest absolute Gasteiger partial charge is 0.248 e. The average Bonchev–Trinajstić information content (AvgIpc) is 3.16. The number of amides is 1. The van der Waals surface area contributed by atoms with Crippen molar-refractivity contribution in [1.82, 2.24) is 0 Å². The van der Waals surface area contributed by atoms with Crippen molar-refractivity contribution in [3.63, 3.8) is 0 Å². The van der Waals surface area contributed by atoms with Crippen molar-refractivity contribution in [3.8, 4) is 0 Å². The number of aliphatic imine (C=N–C) groups is 1. The Bertz CT molecular complexity index is 884. The number of aryl methyl sites for hydroxylation is 2. The van der Waals surface area contributed by atoms with Gasteiger partial charge < -0.3 is 11.5 Å². The molecule has 0 fully saturated rings. The Morgan fingerprint density at radius 1 is 0.920 bits per heavy atom. The minimum Gasteiger partial charge on any atom is -0.383 e. The zero-order valence-electron chi connectivity index (χ0n) is 13.7. The number of thiophene rings is 1. The molecule has 5 heteroatoms. The van der Waals surface area contributed by atoms with E-state index in [1.54, 1.807) is 17.4 Å². The first kappa shape index (κ1) is 16.9. The highest BCUT2D eigenvalue weighted by Crippen LogP contribution is 2.18. The predicted molar refractivity (Wildman–Crippen MR) is 104 cm³/mol. The molecule has 126 valence electrons. The molecule has 3 aromatic rings. The lowest BCUT2D eigenvalue weighted by Crippen LogP contribution is -2.13. The molecular formula is C20H19N3OS. The topological polar surface area (TPSA) is 81.5 Å². The summed E-state index contributed by atoms with van der Waals surface area (Å²) in [4.78, 5) is 16.9. The Hall–Kier alpha value is -2.92. The van der Waals surface area contributed by atoms with E-state index >= 15 is 0 Å². The third kappa shape index (κ3) is 4.33. The van der Waals surface area contributed by atoms with Gasteiger partial charge in [0, 0.05) is 5.56 Å². The second-order valence-electron chi connectivity index (χ2n) is 5.66. The van der Waals surface area contributed by atoms with Crippen molar-refractivity contribution in [2.24, 2.45) is 16.5 Å². The van der Waals surface area contributed by atoms with Crippen molar-refractivity contribution >= 4 is 28.8 Å². The summed E-state index contributed by atoms with van der Waals surface area (Å²) in [6.45, 7) is 0. The third-order valence-electron chi connectivity index (χ3n) is 3.93. The summed E-state index contributed by atoms with van der Waals surface area (Å²) in [7, 11) is 0. The number of carbonyl (C=O) groups is 1. The third-order valence-corrected chi connectivity index (χ3v) is 4.82. The normalized spacial score (nSPS) is 11.4. The minimum absolute atomic E-state index is 0.385. The Morgan fingerprint density at radius 3 is 2.36 bits per heavy atom. The molecule has 1 heterocycles. The number of hydrogen-bond donors (Lipinski definition) is 2. The molecule has 2 aromatic carbocycles. The molecule has 0 aliphatic heterocycles. The van der Waals surface area contributed by atoms with Gasteiger partial charge >= 0.3 is 0 Å². The summed E-state index contributed by atoms with van der Waals surface area (Å²) >= 11 is 1.57. The Balaban J connectivity index is 1.68. The quantitative estimate of drug-likeness (QED) is 0.526. The fourth-order valence-corrected chi connectivity index (χ4v) is 3.24. The van der Waals surface area contributed by atoms with Crippen LogP contribution in [-0.2, 0) is 12.8 Å². The summed E-state index contributed by atoms with van der Waals surface area (Å²) in [5.74, 6) is 0.141. The maximum Gasteiger partial charge on any atom is 0.248 e. The lowest BCUT2D eigenvalue weighted by atomic mass is 9.99. The van der Waals surface area contributed by atoms with Crippen molar-refractivity contribution < 1.29 is 4.79 Å². The van der Waals surface area contributed by atoms with Crippen LogP contribution in [0.5, 0.6) is 0 Å². The molecule has 0 bridgehead atoms. The molecule has 0 saturated carbocycles. The minimum atomic E-state index is -0.385. The van der Waals surface area contributed by atoms with E-state index in [2.05, 4.69) is 4.99 Å². The SMILES string of the molecule is NC(=O)c1ccccc1CCc1ccc(N=C(N)c2cccs2)cc1. The van der Waals surface area contributed by atoms with E-state index in [-0.39, 0.29) is 5.91 Å². The van der Waals surface area contributed by atoms with Crippen LogP contribution in [0.3, 0.4) is 0 Å². The molecular weight excluding hydrogens is 330 g/mol. The number of nitrogens with zero attached hydrogens (tertiary/aromatic N) is 1. The predicted octanol–water partition coefficient (Wildman–Crippen LogP) is 3.67. The summed E-state index contributed by atoms with van der Waals surface area (Å²) in [5.41, 5.74) is 15.0. The van der Waals surface area contributed by atoms with E-state index in [0.29, 0.717) is 11.4 Å². The van der Waals surface area contributed by atoms with Crippen LogP contribution in [0.4, 0.5) is 5.69 Å². The second kappa shape index (κ2) is 7.77. The Kier molecular flexibility index (Phi) is 5.26. The van der Waals surface area contributed by atoms with Gasteiger partial charge in [-0.2, -0.15) is 0 Å². The fourth-order valence-electron chi connectivity index (χ4n) is 2.61. The van der Waals surface area contributed by atoms with Gasteiger partial charge in [0.25, 0.3) is 0 Å². The van der Waals surface area contributed by atoms with Crippen molar-refractivity contribution in [2.45, 2.75) is 12.8 Å². The number of primary amides is 1. The summed E-state index contributed by atoms with van der Waals surface area (Å²) in [6.07, 6.45) is 1.59. The van der Waals surface area contributed by atoms with Crippen molar-refractivity contribution in [1.29, 1.82) is 0 Å². The molecule has 4 N–H and O–H groups in total. The van der Waals surface area contributed by atoms with E-state index in [4.69, 9.17) is 11.5 Å². The lowest BCUT2D eigenvalue weighted by molar-refractivity contribution is 0.0999. The first-order valence-corrected chi connectivity index (χ1v) is 8.86. The standard InChI is InChI=1S/C20H19N3OS/c21-19(18-6-3-13-25-18)23-16-11-8-14(9-12-16)7-10-15-4-1-2-5-17(15)20(22)24/h1-6,8-9,11-13H,7,10H2,(H2,21,23)(H2,22,24). The van der Waals surface area contributed by atoms with Gasteiger partial charge in [-0.25, -0.2) is 4.99 Å². The largest absolute Gasteiger partial charge is 0.383 e. The number of benzene rings is 2. The van der Waals surface area contributed by atoms with Crippen molar-refractivity contribution in [2.75, 3.05) is 0 Å². The number of amidine groups is 1. The molecule has 0 aliphatic rings. The summed E-state index contributed by atoms with van der Waals surface area (Å²) < 4.78 is 0. The number of nitrogens with two attached hydrogens (primary N) is 2. The molecule has 3 rings (SSSR count). The van der Waals surface area contributed by atoms with Crippen LogP contribution in [-0.4, -0.2) is 11.7 Å². The molecule has 1 aromatic heterocycles. The van der Waals surface area contributed by atoms with Gasteiger partial charge in [0.1, 0.15) is 5.84 Å². The number of rotatable bonds is 6. The molecule has 0 spiro atoms. The van der Waals surface area contributed by atoms with Gasteiger partial charge in [0.2, 0.25) is 5.91 Å². The highest BCUT2D eigenvalue weighted by molar-refractivity contribution is 7.12. The van der Waals surface area contributed by atoms with Crippen molar-refractivity contribution in [3.05, 3.63) is 87.6 Å². The van der Waals surface area contributed by atoms with E-state index in [1.807, 2.05) is 60.0 Å². The highest BCUT2D eigenvalue weighted by Gasteiger charge is 2.07. The van der Waals surface area contributed by atoms with Crippen LogP contribution in [0.1, 0.15) is 26.4 Å². The number of carbonyl (C=O) groups excluding carboxylic acids is 1. The fraction of sp³-hybridized carbons (Fsp3) is 0.100. The molecule has 0 radical (unpaired) electrons. The first-order chi connectivity index (χ1) is 12.1. The van der Waals surface area contributed by atoms with E-state index in [1.165, 1.54) is 5.56 Å². The van der Waals surface area contributed by atoms with Gasteiger partial charge in [0.05, 0.1) is 10.6 Å². The van der Waals surface area contributed by atoms with Gasteiger partial charge in [-0.05, 0) is 53.6 Å². The molecule has 4 nitrogen and oxygen atoms in total. The van der Waals surface area contributed by atoms with Gasteiger partial charge in [-0.3, -0.25) is 4.79 Å². The molecule has 25 heavy (non-hydrogen) atoms. The molecule has 1 amide bonds. The summed E-state index contributed by atoms with van der Waals surface area (Å²) in [5, 5.41) is 1.98. The van der Waals surface area contributed by atoms with Crippen LogP contribution >= 0.6 is 11.3 Å². The van der Waals surface area contributed by atoms with Gasteiger partial charge in [0.15, 0.2) is 0 Å². The van der Waals surface area contributed by atoms with Crippen LogP contribution in [0.2, 0.25) is 0 Å². The summed E-state index contributed by atoms with van der Waals surface area (Å²) in [6, 6.07) is 19.3. The zero-order chi connectivity index (χ0) is 17.6. The van der Waals surface area contributed by atoms with Crippen LogP contribution in [0.15, 0.2) is 71.0 Å². The Labute approximate surface area is 150 Å². The van der Waals surface area contributed by atoms with Crippen LogP contribution in [0, 0.1) is 0 Å². The zero-order valence-corrected chi connectivity index (χ0v) is 14.5. The maximum absolute atomic E-state index is 11.5. The van der Waals surface area contributed by atoms with E-state index in [9.17, 15) is 4.79 Å². The van der Waals surface area contributed by atoms with Crippen LogP contribution in [0.25, 0.3) is 0 Å². The van der Waals surface area contributed by atoms with Gasteiger partial charge in [-0.15, -0.1) is 11.3 Å². The first-order valence-electron chi connectivity index (χ1n) is 7.98. The molecule has 0 atom stereocenters. The lowest BCUT2D eigenvalue weighted by Gasteiger charge is -2.07. The van der Waals surface area contributed by atoms with Crippen LogP contribution < -0.4 is 11.5 Å². The monoisotopic (exact) mass is 349 g/mol. The van der Waals surface area contributed by atoms with E-state index < -0.39 is 0 Å². The molecule has 0 saturated heterocycles. The molecule has 0 unspecified atom stereocenters. The van der Waals surface area contributed by atoms with Gasteiger partial charge in [-0.1, -0.05) is 36.4 Å². The highest BCUT2D eigenvalue weighted by atomic mass is 32.1. The number of hydrogen-bond acceptors (Lipinski definition) is 3. The van der Waals surface area contributed by atoms with E-state index in [0.717, 1.165) is 29.0 Å². The average molecular weight is 349 g/mol. The Morgan fingerprint density at radius 2 is 1.68 bits per heavy atom. The second-order valence-corrected chi connectivity index (χ2v) is 6.61. The maximum atomic E-state index is 11.5.